The Morgan fingerprint density at radius 2 is 2.00 bits per heavy atom. The SMILES string of the molecule is C=C(C)CN(CC)C(=O)CN(CC)Cc1ccc(Cl)s1. The van der Waals surface area contributed by atoms with Gasteiger partial charge in [0.05, 0.1) is 10.9 Å². The molecule has 0 unspecified atom stereocenters. The first-order valence-corrected chi connectivity index (χ1v) is 8.04. The minimum atomic E-state index is 0.153. The second-order valence-electron chi connectivity index (χ2n) is 4.87. The fourth-order valence-electron chi connectivity index (χ4n) is 1.93. The summed E-state index contributed by atoms with van der Waals surface area (Å²) in [6.07, 6.45) is 0. The maximum Gasteiger partial charge on any atom is 0.237 e. The Morgan fingerprint density at radius 1 is 1.30 bits per heavy atom. The molecule has 0 saturated carbocycles. The summed E-state index contributed by atoms with van der Waals surface area (Å²) in [6, 6.07) is 3.92. The average molecular weight is 315 g/mol. The smallest absolute Gasteiger partial charge is 0.237 e. The molecule has 1 amide bonds. The van der Waals surface area contributed by atoms with Gasteiger partial charge in [0.1, 0.15) is 0 Å². The summed E-state index contributed by atoms with van der Waals surface area (Å²) >= 11 is 7.51. The number of nitrogens with zero attached hydrogens (tertiary/aromatic N) is 2. The molecule has 0 radical (unpaired) electrons. The van der Waals surface area contributed by atoms with E-state index < -0.39 is 0 Å². The van der Waals surface area contributed by atoms with Gasteiger partial charge in [0, 0.05) is 24.5 Å². The van der Waals surface area contributed by atoms with E-state index in [0.717, 1.165) is 23.0 Å². The zero-order valence-electron chi connectivity index (χ0n) is 12.5. The molecule has 0 N–H and O–H groups in total. The monoisotopic (exact) mass is 314 g/mol. The van der Waals surface area contributed by atoms with Crippen molar-refractivity contribution in [1.29, 1.82) is 0 Å². The van der Waals surface area contributed by atoms with Gasteiger partial charge >= 0.3 is 0 Å². The Morgan fingerprint density at radius 3 is 2.45 bits per heavy atom. The van der Waals surface area contributed by atoms with Crippen LogP contribution in [0.3, 0.4) is 0 Å². The molecule has 5 heteroatoms. The second kappa shape index (κ2) is 8.45. The Kier molecular flexibility index (Phi) is 7.27. The first-order valence-electron chi connectivity index (χ1n) is 6.85. The topological polar surface area (TPSA) is 23.6 Å². The van der Waals surface area contributed by atoms with Crippen molar-refractivity contribution < 1.29 is 4.79 Å². The molecule has 0 atom stereocenters. The summed E-state index contributed by atoms with van der Waals surface area (Å²) in [5, 5.41) is 0. The number of thiophene rings is 1. The van der Waals surface area contributed by atoms with Crippen LogP contribution < -0.4 is 0 Å². The Bertz CT molecular complexity index is 458. The van der Waals surface area contributed by atoms with Crippen LogP contribution in [0.5, 0.6) is 0 Å². The molecule has 0 aromatic carbocycles. The van der Waals surface area contributed by atoms with Crippen molar-refractivity contribution in [2.24, 2.45) is 0 Å². The highest BCUT2D eigenvalue weighted by atomic mass is 35.5. The highest BCUT2D eigenvalue weighted by Gasteiger charge is 2.16. The molecule has 0 fully saturated rings. The standard InChI is InChI=1S/C15H23ClN2OS/c1-5-17(10-13-7-8-14(16)20-13)11-15(19)18(6-2)9-12(3)4/h7-8H,3,5-6,9-11H2,1-2,4H3. The summed E-state index contributed by atoms with van der Waals surface area (Å²) < 4.78 is 0.792. The lowest BCUT2D eigenvalue weighted by Crippen LogP contribution is -2.40. The lowest BCUT2D eigenvalue weighted by atomic mass is 10.3. The van der Waals surface area contributed by atoms with E-state index in [1.54, 1.807) is 11.3 Å². The summed E-state index contributed by atoms with van der Waals surface area (Å²) in [6.45, 7) is 13.3. The molecular weight excluding hydrogens is 292 g/mol. The largest absolute Gasteiger partial charge is 0.338 e. The van der Waals surface area contributed by atoms with Gasteiger partial charge in [-0.3, -0.25) is 9.69 Å². The number of likely N-dealkylation sites (N-methyl/N-ethyl adjacent to an activating group) is 2. The summed E-state index contributed by atoms with van der Waals surface area (Å²) in [5.74, 6) is 0.153. The van der Waals surface area contributed by atoms with E-state index >= 15 is 0 Å². The molecule has 0 aliphatic carbocycles. The van der Waals surface area contributed by atoms with Crippen LogP contribution in [0.25, 0.3) is 0 Å². The molecule has 1 heterocycles. The molecule has 0 bridgehead atoms. The summed E-state index contributed by atoms with van der Waals surface area (Å²) in [4.78, 5) is 17.5. The van der Waals surface area contributed by atoms with E-state index in [9.17, 15) is 4.79 Å². The lowest BCUT2D eigenvalue weighted by molar-refractivity contribution is -0.131. The van der Waals surface area contributed by atoms with E-state index in [-0.39, 0.29) is 5.91 Å². The number of carbonyl (C=O) groups excluding carboxylic acids is 1. The lowest BCUT2D eigenvalue weighted by Gasteiger charge is -2.25. The van der Waals surface area contributed by atoms with Crippen LogP contribution >= 0.6 is 22.9 Å². The zero-order valence-corrected chi connectivity index (χ0v) is 14.1. The van der Waals surface area contributed by atoms with Crippen molar-refractivity contribution in [2.75, 3.05) is 26.2 Å². The second-order valence-corrected chi connectivity index (χ2v) is 6.67. The first kappa shape index (κ1) is 17.2. The molecule has 0 aliphatic rings. The van der Waals surface area contributed by atoms with Gasteiger partial charge in [0.15, 0.2) is 0 Å². The van der Waals surface area contributed by atoms with Crippen LogP contribution in [0, 0.1) is 0 Å². The van der Waals surface area contributed by atoms with E-state index in [1.807, 2.05) is 30.9 Å². The van der Waals surface area contributed by atoms with Crippen LogP contribution in [-0.2, 0) is 11.3 Å². The Labute approximate surface area is 130 Å². The van der Waals surface area contributed by atoms with Gasteiger partial charge in [-0.2, -0.15) is 0 Å². The fraction of sp³-hybridized carbons (Fsp3) is 0.533. The maximum absolute atomic E-state index is 12.3. The average Bonchev–Trinajstić information content (AvgIpc) is 2.80. The fourth-order valence-corrected chi connectivity index (χ4v) is 3.06. The molecule has 3 nitrogen and oxygen atoms in total. The van der Waals surface area contributed by atoms with E-state index in [2.05, 4.69) is 18.4 Å². The number of carbonyl (C=O) groups is 1. The van der Waals surface area contributed by atoms with Crippen molar-refractivity contribution in [2.45, 2.75) is 27.3 Å². The third-order valence-corrected chi connectivity index (χ3v) is 4.23. The van der Waals surface area contributed by atoms with Gasteiger partial charge < -0.3 is 4.90 Å². The van der Waals surface area contributed by atoms with Crippen LogP contribution in [0.1, 0.15) is 25.6 Å². The minimum absolute atomic E-state index is 0.153. The molecule has 0 spiro atoms. The molecule has 1 rings (SSSR count). The van der Waals surface area contributed by atoms with E-state index in [1.165, 1.54) is 4.88 Å². The molecule has 1 aromatic heterocycles. The molecule has 112 valence electrons. The molecule has 0 saturated heterocycles. The number of rotatable bonds is 8. The predicted molar refractivity (Wildman–Crippen MR) is 87.3 cm³/mol. The van der Waals surface area contributed by atoms with Gasteiger partial charge in [-0.1, -0.05) is 30.7 Å². The molecule has 20 heavy (non-hydrogen) atoms. The Hall–Kier alpha value is -0.840. The third-order valence-electron chi connectivity index (χ3n) is 3.01. The predicted octanol–water partition coefficient (Wildman–Crippen LogP) is 3.65. The number of hydrogen-bond donors (Lipinski definition) is 0. The first-order chi connectivity index (χ1) is 9.46. The number of hydrogen-bond acceptors (Lipinski definition) is 3. The number of halogens is 1. The van der Waals surface area contributed by atoms with E-state index in [4.69, 9.17) is 11.6 Å². The number of amides is 1. The van der Waals surface area contributed by atoms with Crippen LogP contribution in [0.2, 0.25) is 4.34 Å². The van der Waals surface area contributed by atoms with Crippen molar-refractivity contribution in [3.63, 3.8) is 0 Å². The molecule has 0 aliphatic heterocycles. The van der Waals surface area contributed by atoms with Crippen LogP contribution in [0.15, 0.2) is 24.3 Å². The normalized spacial score (nSPS) is 10.8. The van der Waals surface area contributed by atoms with Gasteiger partial charge in [-0.15, -0.1) is 11.3 Å². The van der Waals surface area contributed by atoms with Crippen molar-refractivity contribution in [3.05, 3.63) is 33.5 Å². The highest BCUT2D eigenvalue weighted by Crippen LogP contribution is 2.22. The van der Waals surface area contributed by atoms with Gasteiger partial charge in [0.25, 0.3) is 0 Å². The van der Waals surface area contributed by atoms with Crippen LogP contribution in [-0.4, -0.2) is 41.9 Å². The van der Waals surface area contributed by atoms with Crippen LogP contribution in [0.4, 0.5) is 0 Å². The third kappa shape index (κ3) is 5.65. The molecular formula is C15H23ClN2OS. The van der Waals surface area contributed by atoms with Crippen molar-refractivity contribution in [1.82, 2.24) is 9.80 Å². The quantitative estimate of drug-likeness (QED) is 0.684. The maximum atomic E-state index is 12.3. The highest BCUT2D eigenvalue weighted by molar-refractivity contribution is 7.16. The Balaban J connectivity index is 2.58. The van der Waals surface area contributed by atoms with Gasteiger partial charge in [0.2, 0.25) is 5.91 Å². The van der Waals surface area contributed by atoms with Crippen molar-refractivity contribution >= 4 is 28.8 Å². The minimum Gasteiger partial charge on any atom is -0.338 e. The molecule has 1 aromatic rings. The summed E-state index contributed by atoms with van der Waals surface area (Å²) in [5.41, 5.74) is 1.01. The van der Waals surface area contributed by atoms with Gasteiger partial charge in [-0.25, -0.2) is 0 Å². The van der Waals surface area contributed by atoms with E-state index in [0.29, 0.717) is 19.6 Å². The summed E-state index contributed by atoms with van der Waals surface area (Å²) in [7, 11) is 0. The van der Waals surface area contributed by atoms with Gasteiger partial charge in [-0.05, 0) is 32.5 Å². The van der Waals surface area contributed by atoms with Crippen molar-refractivity contribution in [3.8, 4) is 0 Å². The zero-order chi connectivity index (χ0) is 15.1.